The van der Waals surface area contributed by atoms with E-state index in [1.165, 1.54) is 6.42 Å². The van der Waals surface area contributed by atoms with Gasteiger partial charge < -0.3 is 15.5 Å². The molecule has 1 aliphatic rings. The highest BCUT2D eigenvalue weighted by Gasteiger charge is 2.20. The first-order chi connectivity index (χ1) is 10.1. The van der Waals surface area contributed by atoms with Gasteiger partial charge in [0, 0.05) is 6.54 Å². The Labute approximate surface area is 135 Å². The quantitative estimate of drug-likeness (QED) is 0.843. The maximum Gasteiger partial charge on any atom is 0.238 e. The predicted octanol–water partition coefficient (Wildman–Crippen LogP) is 2.86. The minimum atomic E-state index is -0.129. The molecule has 2 N–H and O–H groups in total. The first-order valence-electron chi connectivity index (χ1n) is 7.27. The Bertz CT molecular complexity index is 476. The molecule has 1 saturated heterocycles. The molecule has 0 radical (unpaired) electrons. The van der Waals surface area contributed by atoms with Gasteiger partial charge >= 0.3 is 0 Å². The summed E-state index contributed by atoms with van der Waals surface area (Å²) in [6.45, 7) is 6.68. The van der Waals surface area contributed by atoms with Crippen LogP contribution in [-0.2, 0) is 4.79 Å². The maximum atomic E-state index is 11.9. The number of nitrogens with one attached hydrogen (secondary N) is 2. The smallest absolute Gasteiger partial charge is 0.238 e. The number of likely N-dealkylation sites (tertiary alicyclic amines) is 1. The molecule has 1 aliphatic heterocycles. The summed E-state index contributed by atoms with van der Waals surface area (Å²) < 4.78 is 0. The topological polar surface area (TPSA) is 44.4 Å². The zero-order valence-corrected chi connectivity index (χ0v) is 13.7. The van der Waals surface area contributed by atoms with Crippen LogP contribution in [0.2, 0.25) is 10.0 Å². The van der Waals surface area contributed by atoms with Crippen molar-refractivity contribution in [2.45, 2.75) is 13.3 Å². The van der Waals surface area contributed by atoms with Crippen molar-refractivity contribution < 1.29 is 4.79 Å². The lowest BCUT2D eigenvalue weighted by atomic mass is 10.1. The third-order valence-electron chi connectivity index (χ3n) is 3.76. The van der Waals surface area contributed by atoms with E-state index in [0.717, 1.165) is 26.2 Å². The molecule has 0 aliphatic carbocycles. The average Bonchev–Trinajstić information content (AvgIpc) is 2.91. The number of rotatable bonds is 6. The van der Waals surface area contributed by atoms with E-state index in [9.17, 15) is 4.79 Å². The van der Waals surface area contributed by atoms with E-state index in [1.54, 1.807) is 18.2 Å². The van der Waals surface area contributed by atoms with Crippen molar-refractivity contribution in [1.29, 1.82) is 0 Å². The molecule has 116 valence electrons. The van der Waals surface area contributed by atoms with E-state index in [0.29, 0.717) is 21.7 Å². The minimum Gasteiger partial charge on any atom is -0.322 e. The molecule has 0 bridgehead atoms. The highest BCUT2D eigenvalue weighted by molar-refractivity contribution is 6.39. The third kappa shape index (κ3) is 4.85. The summed E-state index contributed by atoms with van der Waals surface area (Å²) in [4.78, 5) is 14.3. The molecule has 6 heteroatoms. The number of carbonyl (C=O) groups excluding carboxylic acids is 1. The Morgan fingerprint density at radius 2 is 2.10 bits per heavy atom. The number of carbonyl (C=O) groups is 1. The summed E-state index contributed by atoms with van der Waals surface area (Å²) in [5, 5.41) is 6.85. The second-order valence-electron chi connectivity index (χ2n) is 5.32. The van der Waals surface area contributed by atoms with Crippen LogP contribution in [0.3, 0.4) is 0 Å². The van der Waals surface area contributed by atoms with E-state index < -0.39 is 0 Å². The summed E-state index contributed by atoms with van der Waals surface area (Å²) in [6, 6.07) is 5.15. The zero-order valence-electron chi connectivity index (χ0n) is 12.2. The molecular formula is C15H21Cl2N3O. The first-order valence-corrected chi connectivity index (χ1v) is 8.02. The van der Waals surface area contributed by atoms with Crippen LogP contribution in [0, 0.1) is 5.92 Å². The van der Waals surface area contributed by atoms with E-state index in [4.69, 9.17) is 23.2 Å². The minimum absolute atomic E-state index is 0.129. The molecule has 1 atom stereocenters. The number of anilines is 1. The number of hydrogen-bond donors (Lipinski definition) is 2. The standard InChI is InChI=1S/C15H21Cl2N3O/c1-2-20-7-6-11(10-20)8-18-9-14(21)19-15-12(16)4-3-5-13(15)17/h3-5,11,18H,2,6-10H2,1H3,(H,19,21). The van der Waals surface area contributed by atoms with Crippen molar-refractivity contribution in [3.63, 3.8) is 0 Å². The van der Waals surface area contributed by atoms with Gasteiger partial charge in [-0.1, -0.05) is 36.2 Å². The first kappa shape index (κ1) is 16.6. The SMILES string of the molecule is CCN1CCC(CNCC(=O)Nc2c(Cl)cccc2Cl)C1. The Kier molecular flexibility index (Phi) is 6.30. The van der Waals surface area contributed by atoms with Crippen LogP contribution in [0.5, 0.6) is 0 Å². The highest BCUT2D eigenvalue weighted by Crippen LogP contribution is 2.29. The number of amides is 1. The number of hydrogen-bond acceptors (Lipinski definition) is 3. The van der Waals surface area contributed by atoms with Crippen LogP contribution in [0.4, 0.5) is 5.69 Å². The molecule has 1 aromatic rings. The summed E-state index contributed by atoms with van der Waals surface area (Å²) in [6.07, 6.45) is 1.19. The van der Waals surface area contributed by atoms with Crippen molar-refractivity contribution in [2.75, 3.05) is 38.0 Å². The van der Waals surface area contributed by atoms with Crippen molar-refractivity contribution in [3.8, 4) is 0 Å². The summed E-state index contributed by atoms with van der Waals surface area (Å²) in [5.41, 5.74) is 0.477. The Hall–Kier alpha value is -0.810. The maximum absolute atomic E-state index is 11.9. The Morgan fingerprint density at radius 3 is 2.71 bits per heavy atom. The predicted molar refractivity (Wildman–Crippen MR) is 88.2 cm³/mol. The summed E-state index contributed by atoms with van der Waals surface area (Å²) >= 11 is 12.0. The molecule has 1 aromatic carbocycles. The van der Waals surface area contributed by atoms with Crippen LogP contribution in [0.15, 0.2) is 18.2 Å². The van der Waals surface area contributed by atoms with Gasteiger partial charge in [0.05, 0.1) is 22.3 Å². The van der Waals surface area contributed by atoms with E-state index in [1.807, 2.05) is 0 Å². The second kappa shape index (κ2) is 7.99. The molecule has 1 heterocycles. The molecule has 0 aromatic heterocycles. The number of halogens is 2. The van der Waals surface area contributed by atoms with Gasteiger partial charge in [-0.05, 0) is 44.1 Å². The molecule has 0 saturated carbocycles. The normalized spacial score (nSPS) is 18.9. The van der Waals surface area contributed by atoms with Gasteiger partial charge in [-0.15, -0.1) is 0 Å². The van der Waals surface area contributed by atoms with Crippen molar-refractivity contribution in [1.82, 2.24) is 10.2 Å². The number of benzene rings is 1. The third-order valence-corrected chi connectivity index (χ3v) is 4.39. The largest absolute Gasteiger partial charge is 0.322 e. The van der Waals surface area contributed by atoms with E-state index in [2.05, 4.69) is 22.5 Å². The molecule has 1 amide bonds. The fraction of sp³-hybridized carbons (Fsp3) is 0.533. The monoisotopic (exact) mass is 329 g/mol. The van der Waals surface area contributed by atoms with Gasteiger partial charge in [0.25, 0.3) is 0 Å². The summed E-state index contributed by atoms with van der Waals surface area (Å²) in [7, 11) is 0. The second-order valence-corrected chi connectivity index (χ2v) is 6.14. The van der Waals surface area contributed by atoms with Gasteiger partial charge in [0.2, 0.25) is 5.91 Å². The zero-order chi connectivity index (χ0) is 15.2. The molecule has 1 unspecified atom stereocenters. The van der Waals surface area contributed by atoms with Crippen LogP contribution in [0.1, 0.15) is 13.3 Å². The molecule has 2 rings (SSSR count). The summed E-state index contributed by atoms with van der Waals surface area (Å²) in [5.74, 6) is 0.497. The lowest BCUT2D eigenvalue weighted by Gasteiger charge is -2.14. The fourth-order valence-electron chi connectivity index (χ4n) is 2.56. The van der Waals surface area contributed by atoms with Crippen LogP contribution >= 0.6 is 23.2 Å². The van der Waals surface area contributed by atoms with Gasteiger partial charge in [-0.3, -0.25) is 4.79 Å². The Balaban J connectivity index is 1.73. The van der Waals surface area contributed by atoms with Crippen molar-refractivity contribution in [3.05, 3.63) is 28.2 Å². The molecule has 21 heavy (non-hydrogen) atoms. The van der Waals surface area contributed by atoms with Gasteiger partial charge in [-0.25, -0.2) is 0 Å². The van der Waals surface area contributed by atoms with Crippen LogP contribution in [0.25, 0.3) is 0 Å². The van der Waals surface area contributed by atoms with E-state index in [-0.39, 0.29) is 12.5 Å². The lowest BCUT2D eigenvalue weighted by molar-refractivity contribution is -0.115. The highest BCUT2D eigenvalue weighted by atomic mass is 35.5. The average molecular weight is 330 g/mol. The number of nitrogens with zero attached hydrogens (tertiary/aromatic N) is 1. The van der Waals surface area contributed by atoms with Crippen LogP contribution in [-0.4, -0.2) is 43.5 Å². The molecule has 0 spiro atoms. The Morgan fingerprint density at radius 1 is 1.38 bits per heavy atom. The van der Waals surface area contributed by atoms with Crippen molar-refractivity contribution in [2.24, 2.45) is 5.92 Å². The van der Waals surface area contributed by atoms with Gasteiger partial charge in [0.1, 0.15) is 0 Å². The van der Waals surface area contributed by atoms with Gasteiger partial charge in [0.15, 0.2) is 0 Å². The number of para-hydroxylation sites is 1. The molecular weight excluding hydrogens is 309 g/mol. The van der Waals surface area contributed by atoms with Crippen LogP contribution < -0.4 is 10.6 Å². The van der Waals surface area contributed by atoms with Gasteiger partial charge in [-0.2, -0.15) is 0 Å². The molecule has 1 fully saturated rings. The fourth-order valence-corrected chi connectivity index (χ4v) is 3.05. The molecule has 4 nitrogen and oxygen atoms in total. The van der Waals surface area contributed by atoms with Crippen molar-refractivity contribution >= 4 is 34.8 Å². The lowest BCUT2D eigenvalue weighted by Crippen LogP contribution is -2.33. The van der Waals surface area contributed by atoms with E-state index >= 15 is 0 Å².